The van der Waals surface area contributed by atoms with Gasteiger partial charge in [-0.3, -0.25) is 4.99 Å². The minimum absolute atomic E-state index is 0.0631. The maximum absolute atomic E-state index is 13.9. The summed E-state index contributed by atoms with van der Waals surface area (Å²) in [5, 5.41) is 6.63. The standard InChI is InChI=1S/C18H26F2N4O/c1-21-18(22-9-7-14-4-3-11-25-14)23-13-8-10-24(12-13)17-15(19)5-2-6-16(17)20/h2,5-6,13-14H,3-4,7-12H2,1H3,(H2,21,22,23). The Bertz CT molecular complexity index is 584. The molecule has 2 heterocycles. The molecule has 2 fully saturated rings. The van der Waals surface area contributed by atoms with Crippen molar-refractivity contribution >= 4 is 11.6 Å². The van der Waals surface area contributed by atoms with E-state index in [1.54, 1.807) is 11.9 Å². The summed E-state index contributed by atoms with van der Waals surface area (Å²) in [6.07, 6.45) is 4.37. The topological polar surface area (TPSA) is 48.9 Å². The predicted molar refractivity (Wildman–Crippen MR) is 95.1 cm³/mol. The summed E-state index contributed by atoms with van der Waals surface area (Å²) in [5.74, 6) is -0.307. The Morgan fingerprint density at radius 1 is 1.32 bits per heavy atom. The molecule has 0 aromatic heterocycles. The van der Waals surface area contributed by atoms with Crippen LogP contribution in [-0.4, -0.2) is 51.4 Å². The number of hydrogen-bond donors (Lipinski definition) is 2. The van der Waals surface area contributed by atoms with Crippen molar-refractivity contribution in [2.24, 2.45) is 4.99 Å². The lowest BCUT2D eigenvalue weighted by atomic mass is 10.2. The van der Waals surface area contributed by atoms with Gasteiger partial charge in [-0.05, 0) is 37.8 Å². The Balaban J connectivity index is 1.48. The van der Waals surface area contributed by atoms with Gasteiger partial charge in [-0.2, -0.15) is 0 Å². The van der Waals surface area contributed by atoms with Crippen molar-refractivity contribution in [2.75, 3.05) is 38.2 Å². The number of rotatable bonds is 5. The first-order valence-electron chi connectivity index (χ1n) is 8.95. The Labute approximate surface area is 147 Å². The van der Waals surface area contributed by atoms with Crippen molar-refractivity contribution in [3.05, 3.63) is 29.8 Å². The minimum Gasteiger partial charge on any atom is -0.378 e. The van der Waals surface area contributed by atoms with Gasteiger partial charge in [0.1, 0.15) is 17.3 Å². The summed E-state index contributed by atoms with van der Waals surface area (Å²) in [5.41, 5.74) is 0.0631. The SMILES string of the molecule is CN=C(NCCC1CCCO1)NC1CCN(c2c(F)cccc2F)C1. The second kappa shape index (κ2) is 8.47. The zero-order chi connectivity index (χ0) is 17.6. The number of anilines is 1. The monoisotopic (exact) mass is 352 g/mol. The zero-order valence-electron chi connectivity index (χ0n) is 14.6. The van der Waals surface area contributed by atoms with Crippen LogP contribution in [0.15, 0.2) is 23.2 Å². The summed E-state index contributed by atoms with van der Waals surface area (Å²) in [6.45, 7) is 2.82. The van der Waals surface area contributed by atoms with Gasteiger partial charge in [0.15, 0.2) is 5.96 Å². The first-order valence-corrected chi connectivity index (χ1v) is 8.95. The summed E-state index contributed by atoms with van der Waals surface area (Å²) < 4.78 is 33.5. The molecule has 25 heavy (non-hydrogen) atoms. The van der Waals surface area contributed by atoms with Crippen molar-refractivity contribution in [3.63, 3.8) is 0 Å². The highest BCUT2D eigenvalue weighted by atomic mass is 19.1. The van der Waals surface area contributed by atoms with Gasteiger partial charge in [-0.15, -0.1) is 0 Å². The minimum atomic E-state index is -0.514. The fourth-order valence-electron chi connectivity index (χ4n) is 3.48. The molecule has 2 aliphatic rings. The van der Waals surface area contributed by atoms with E-state index in [1.807, 2.05) is 0 Å². The number of ether oxygens (including phenoxy) is 1. The molecule has 0 aliphatic carbocycles. The van der Waals surface area contributed by atoms with E-state index in [-0.39, 0.29) is 11.7 Å². The lowest BCUT2D eigenvalue weighted by molar-refractivity contribution is 0.105. The van der Waals surface area contributed by atoms with Gasteiger partial charge in [0, 0.05) is 39.3 Å². The van der Waals surface area contributed by atoms with Crippen molar-refractivity contribution < 1.29 is 13.5 Å². The highest BCUT2D eigenvalue weighted by molar-refractivity contribution is 5.80. The lowest BCUT2D eigenvalue weighted by Gasteiger charge is -2.21. The molecule has 138 valence electrons. The van der Waals surface area contributed by atoms with Gasteiger partial charge in [0.05, 0.1) is 6.10 Å². The van der Waals surface area contributed by atoms with Crippen LogP contribution < -0.4 is 15.5 Å². The fourth-order valence-corrected chi connectivity index (χ4v) is 3.48. The Hall–Kier alpha value is -1.89. The second-order valence-electron chi connectivity index (χ2n) is 6.57. The van der Waals surface area contributed by atoms with E-state index in [9.17, 15) is 8.78 Å². The van der Waals surface area contributed by atoms with Gasteiger partial charge in [0.25, 0.3) is 0 Å². The van der Waals surface area contributed by atoms with Crippen LogP contribution in [0.4, 0.5) is 14.5 Å². The van der Waals surface area contributed by atoms with Crippen LogP contribution in [0.5, 0.6) is 0 Å². The molecular weight excluding hydrogens is 326 g/mol. The van der Waals surface area contributed by atoms with E-state index in [4.69, 9.17) is 4.74 Å². The van der Waals surface area contributed by atoms with Gasteiger partial charge in [-0.25, -0.2) is 8.78 Å². The predicted octanol–water partition coefficient (Wildman–Crippen LogP) is 2.28. The third-order valence-electron chi connectivity index (χ3n) is 4.79. The molecule has 3 rings (SSSR count). The van der Waals surface area contributed by atoms with Gasteiger partial charge < -0.3 is 20.3 Å². The number of aliphatic imine (C=N–C) groups is 1. The van der Waals surface area contributed by atoms with Crippen molar-refractivity contribution in [1.82, 2.24) is 10.6 Å². The molecule has 1 aromatic carbocycles. The molecule has 0 radical (unpaired) electrons. The molecule has 7 heteroatoms. The van der Waals surface area contributed by atoms with Crippen molar-refractivity contribution in [3.8, 4) is 0 Å². The summed E-state index contributed by atoms with van der Waals surface area (Å²) in [6, 6.07) is 4.09. The number of benzene rings is 1. The average Bonchev–Trinajstić information content (AvgIpc) is 3.26. The first kappa shape index (κ1) is 17.9. The van der Waals surface area contributed by atoms with Crippen molar-refractivity contribution in [1.29, 1.82) is 0 Å². The van der Waals surface area contributed by atoms with Crippen LogP contribution in [-0.2, 0) is 4.74 Å². The van der Waals surface area contributed by atoms with E-state index in [2.05, 4.69) is 15.6 Å². The Kier molecular flexibility index (Phi) is 6.07. The number of hydrogen-bond acceptors (Lipinski definition) is 3. The van der Waals surface area contributed by atoms with Crippen LogP contribution in [0.25, 0.3) is 0 Å². The van der Waals surface area contributed by atoms with E-state index < -0.39 is 11.6 Å². The maximum Gasteiger partial charge on any atom is 0.191 e. The van der Waals surface area contributed by atoms with Crippen LogP contribution in [0.3, 0.4) is 0 Å². The molecule has 5 nitrogen and oxygen atoms in total. The van der Waals surface area contributed by atoms with Gasteiger partial charge in [-0.1, -0.05) is 6.07 Å². The quantitative estimate of drug-likeness (QED) is 0.631. The molecule has 2 atom stereocenters. The highest BCUT2D eigenvalue weighted by Gasteiger charge is 2.27. The van der Waals surface area contributed by atoms with Crippen LogP contribution in [0, 0.1) is 11.6 Å². The number of para-hydroxylation sites is 1. The van der Waals surface area contributed by atoms with Crippen LogP contribution in [0.1, 0.15) is 25.7 Å². The number of halogens is 2. The molecule has 2 saturated heterocycles. The number of nitrogens with zero attached hydrogens (tertiary/aromatic N) is 2. The van der Waals surface area contributed by atoms with E-state index in [0.717, 1.165) is 44.8 Å². The van der Waals surface area contributed by atoms with E-state index in [1.165, 1.54) is 18.2 Å². The third-order valence-corrected chi connectivity index (χ3v) is 4.79. The Morgan fingerprint density at radius 2 is 2.12 bits per heavy atom. The highest BCUT2D eigenvalue weighted by Crippen LogP contribution is 2.26. The summed E-state index contributed by atoms with van der Waals surface area (Å²) in [4.78, 5) is 5.99. The molecular formula is C18H26F2N4O. The van der Waals surface area contributed by atoms with Crippen LogP contribution >= 0.6 is 0 Å². The molecule has 1 aromatic rings. The maximum atomic E-state index is 13.9. The smallest absolute Gasteiger partial charge is 0.191 e. The largest absolute Gasteiger partial charge is 0.378 e. The average molecular weight is 352 g/mol. The lowest BCUT2D eigenvalue weighted by Crippen LogP contribution is -2.45. The van der Waals surface area contributed by atoms with E-state index in [0.29, 0.717) is 19.2 Å². The zero-order valence-corrected chi connectivity index (χ0v) is 14.6. The first-order chi connectivity index (χ1) is 12.2. The summed E-state index contributed by atoms with van der Waals surface area (Å²) >= 11 is 0. The molecule has 2 unspecified atom stereocenters. The third kappa shape index (κ3) is 4.60. The van der Waals surface area contributed by atoms with E-state index >= 15 is 0 Å². The van der Waals surface area contributed by atoms with Gasteiger partial charge >= 0.3 is 0 Å². The number of nitrogens with one attached hydrogen (secondary N) is 2. The Morgan fingerprint density at radius 3 is 2.80 bits per heavy atom. The molecule has 2 N–H and O–H groups in total. The number of guanidine groups is 1. The molecule has 0 saturated carbocycles. The van der Waals surface area contributed by atoms with Crippen molar-refractivity contribution in [2.45, 2.75) is 37.8 Å². The fraction of sp³-hybridized carbons (Fsp3) is 0.611. The van der Waals surface area contributed by atoms with Gasteiger partial charge in [0.2, 0.25) is 0 Å². The molecule has 0 bridgehead atoms. The normalized spacial score (nSPS) is 24.0. The van der Waals surface area contributed by atoms with Crippen LogP contribution in [0.2, 0.25) is 0 Å². The second-order valence-corrected chi connectivity index (χ2v) is 6.57. The summed E-state index contributed by atoms with van der Waals surface area (Å²) in [7, 11) is 1.73. The molecule has 0 amide bonds. The molecule has 0 spiro atoms. The molecule has 2 aliphatic heterocycles.